The summed E-state index contributed by atoms with van der Waals surface area (Å²) < 4.78 is 90.6. The van der Waals surface area contributed by atoms with Crippen LogP contribution in [0.3, 0.4) is 0 Å². The Bertz CT molecular complexity index is 2950. The summed E-state index contributed by atoms with van der Waals surface area (Å²) in [6.45, 7) is 1.16. The van der Waals surface area contributed by atoms with Crippen LogP contribution >= 0.6 is 89.6 Å². The first kappa shape index (κ1) is 68.0. The molecule has 4 atom stereocenters. The zero-order chi connectivity index (χ0) is 54.1. The molecule has 0 unspecified atom stereocenters. The topological polar surface area (TPSA) is 222 Å². The molecule has 4 bridgehead atoms. The van der Waals surface area contributed by atoms with Gasteiger partial charge in [0.15, 0.2) is 11.6 Å². The fourth-order valence-electron chi connectivity index (χ4n) is 9.03. The third-order valence-electron chi connectivity index (χ3n) is 12.7. The van der Waals surface area contributed by atoms with Crippen LogP contribution in [0.2, 0.25) is 10.0 Å². The Morgan fingerprint density at radius 2 is 1.00 bits per heavy atom. The fourth-order valence-corrected chi connectivity index (χ4v) is 9.54. The van der Waals surface area contributed by atoms with Crippen molar-refractivity contribution in [2.45, 2.75) is 49.5 Å². The largest absolute Gasteiger partial charge is 0.475 e. The van der Waals surface area contributed by atoms with Gasteiger partial charge in [0, 0.05) is 73.2 Å². The van der Waals surface area contributed by atoms with Crippen LogP contribution in [0.15, 0.2) is 97.3 Å². The van der Waals surface area contributed by atoms with Gasteiger partial charge in [-0.15, -0.1) is 12.4 Å². The number of rotatable bonds is 12. The standard InChI is InChI=1S/2C25H23ClF3N5O4.ClH.4H2S/c2*26-19-10-20-23(32-22(19)14-2-1-3-15(8-14)25(27,28)29)34(17-5-7-33(20)11-17)24(37)31-16-4-6-30-21(9-16)38-13-18(36)12-35;;;;;/h2*1-4,6,8-10,17-18,35-36H,5,7,11-13H2,(H,30,31,37);1H;4*1H2/t2*17-,18-;;;;;/m00...../s1. The summed E-state index contributed by atoms with van der Waals surface area (Å²) in [6, 6.07) is 17.4. The van der Waals surface area contributed by atoms with Gasteiger partial charge in [-0.3, -0.25) is 9.80 Å². The molecule has 4 aromatic heterocycles. The minimum atomic E-state index is -4.53. The molecular formula is C50H55Cl3F6N10O8S4. The van der Waals surface area contributed by atoms with E-state index >= 15 is 0 Å². The Morgan fingerprint density at radius 3 is 1.36 bits per heavy atom. The van der Waals surface area contributed by atoms with Crippen molar-refractivity contribution in [1.82, 2.24) is 19.9 Å². The summed E-state index contributed by atoms with van der Waals surface area (Å²) in [7, 11) is 0. The zero-order valence-electron chi connectivity index (χ0n) is 42.0. The number of aliphatic hydroxyl groups is 4. The number of nitrogens with zero attached hydrogens (tertiary/aromatic N) is 8. The number of hydrogen-bond donors (Lipinski definition) is 6. The van der Waals surface area contributed by atoms with Crippen LogP contribution in [0.4, 0.5) is 70.3 Å². The Labute approximate surface area is 504 Å². The maximum Gasteiger partial charge on any atom is 0.416 e. The van der Waals surface area contributed by atoms with Crippen molar-refractivity contribution in [3.63, 3.8) is 0 Å². The van der Waals surface area contributed by atoms with Crippen LogP contribution in [-0.4, -0.2) is 129 Å². The van der Waals surface area contributed by atoms with Gasteiger partial charge in [-0.25, -0.2) is 29.5 Å². The Kier molecular flexibility index (Phi) is 24.0. The summed E-state index contributed by atoms with van der Waals surface area (Å²) in [4.78, 5) is 51.4. The van der Waals surface area contributed by atoms with E-state index in [2.05, 4.69) is 30.6 Å². The molecule has 0 spiro atoms. The van der Waals surface area contributed by atoms with Crippen LogP contribution in [0.5, 0.6) is 11.8 Å². The lowest BCUT2D eigenvalue weighted by atomic mass is 10.1. The highest BCUT2D eigenvalue weighted by Gasteiger charge is 2.43. The minimum Gasteiger partial charge on any atom is -0.475 e. The average Bonchev–Trinajstić information content (AvgIpc) is 4.03. The average molecular weight is 1270 g/mol. The SMILES string of the molecule is Cl.O=C(Nc1ccnc(OC[C@@H](O)CO)c1)N1c2nc(-c3cccc(C(F)(F)F)c3)c(Cl)cc2N2CC[C@H]1C2.O=C(Nc1ccnc(OC[C@@H](O)CO)c1)N1c2nc(-c3cccc(C(F)(F)F)c3)c(Cl)cc2N2CC[C@H]1C2.S.S.S.S. The number of carbonyl (C=O) groups is 2. The maximum atomic E-state index is 13.5. The first-order valence-corrected chi connectivity index (χ1v) is 24.3. The number of pyridine rings is 4. The highest BCUT2D eigenvalue weighted by Crippen LogP contribution is 2.46. The van der Waals surface area contributed by atoms with Crippen molar-refractivity contribution in [2.24, 2.45) is 0 Å². The summed E-state index contributed by atoms with van der Waals surface area (Å²) in [5.74, 6) is 0.866. The predicted octanol–water partition coefficient (Wildman–Crippen LogP) is 9.23. The minimum absolute atomic E-state index is 0. The Morgan fingerprint density at radius 1 is 0.617 bits per heavy atom. The molecule has 81 heavy (non-hydrogen) atoms. The lowest BCUT2D eigenvalue weighted by molar-refractivity contribution is -0.138. The van der Waals surface area contributed by atoms with Crippen molar-refractivity contribution < 1.29 is 65.8 Å². The van der Waals surface area contributed by atoms with Crippen molar-refractivity contribution in [2.75, 3.05) is 82.8 Å². The molecule has 2 saturated heterocycles. The molecule has 0 saturated carbocycles. The molecule has 2 aromatic carbocycles. The van der Waals surface area contributed by atoms with E-state index in [-0.39, 0.29) is 136 Å². The third-order valence-corrected chi connectivity index (χ3v) is 13.2. The van der Waals surface area contributed by atoms with E-state index in [9.17, 15) is 46.1 Å². The number of benzene rings is 2. The number of halogens is 9. The zero-order valence-corrected chi connectivity index (χ0v) is 48.4. The Balaban J connectivity index is 0.000000328. The van der Waals surface area contributed by atoms with E-state index < -0.39 is 61.0 Å². The van der Waals surface area contributed by atoms with E-state index in [0.717, 1.165) is 24.3 Å². The maximum absolute atomic E-state index is 13.5. The molecular weight excluding hydrogens is 1220 g/mol. The number of hydrogen-bond acceptors (Lipinski definition) is 14. The van der Waals surface area contributed by atoms with Gasteiger partial charge >= 0.3 is 24.4 Å². The number of alkyl halides is 6. The third kappa shape index (κ3) is 15.6. The van der Waals surface area contributed by atoms with Crippen molar-refractivity contribution >= 4 is 136 Å². The number of aliphatic hydroxyl groups excluding tert-OH is 4. The smallest absolute Gasteiger partial charge is 0.416 e. The van der Waals surface area contributed by atoms with Gasteiger partial charge in [-0.2, -0.15) is 80.3 Å². The predicted molar refractivity (Wildman–Crippen MR) is 318 cm³/mol. The van der Waals surface area contributed by atoms with Gasteiger partial charge in [0.2, 0.25) is 11.8 Å². The van der Waals surface area contributed by atoms with Crippen LogP contribution in [-0.2, 0) is 12.4 Å². The molecule has 440 valence electrons. The molecule has 31 heteroatoms. The number of ether oxygens (including phenoxy) is 2. The van der Waals surface area contributed by atoms with E-state index in [1.54, 1.807) is 24.3 Å². The molecule has 4 aliphatic rings. The van der Waals surface area contributed by atoms with Gasteiger partial charge < -0.3 is 50.3 Å². The van der Waals surface area contributed by atoms with E-state index in [0.29, 0.717) is 73.4 Å². The summed E-state index contributed by atoms with van der Waals surface area (Å²) in [5, 5.41) is 42.8. The van der Waals surface area contributed by atoms with Crippen LogP contribution < -0.4 is 39.7 Å². The quantitative estimate of drug-likeness (QED) is 0.0629. The highest BCUT2D eigenvalue weighted by molar-refractivity contribution is 7.59. The summed E-state index contributed by atoms with van der Waals surface area (Å²) >= 11 is 13.0. The van der Waals surface area contributed by atoms with Crippen LogP contribution in [0.1, 0.15) is 24.0 Å². The molecule has 0 radical (unpaired) electrons. The van der Waals surface area contributed by atoms with E-state index in [1.807, 2.05) is 9.80 Å². The number of anilines is 6. The molecule has 0 aliphatic carbocycles. The number of nitrogens with one attached hydrogen (secondary N) is 2. The molecule has 4 amide bonds. The van der Waals surface area contributed by atoms with Crippen LogP contribution in [0.25, 0.3) is 22.5 Å². The second kappa shape index (κ2) is 28.6. The van der Waals surface area contributed by atoms with E-state index in [1.165, 1.54) is 58.6 Å². The molecule has 4 aliphatic heterocycles. The van der Waals surface area contributed by atoms with Gasteiger partial charge in [0.1, 0.15) is 25.4 Å². The molecule has 2 fully saturated rings. The monoisotopic (exact) mass is 1270 g/mol. The summed E-state index contributed by atoms with van der Waals surface area (Å²) in [6.07, 6.45) is -7.03. The molecule has 10 rings (SSSR count). The van der Waals surface area contributed by atoms with E-state index in [4.69, 9.17) is 42.9 Å². The fraction of sp³-hybridized carbons (Fsp3) is 0.320. The second-order valence-electron chi connectivity index (χ2n) is 17.9. The number of fused-ring (bicyclic) bond motifs is 8. The second-order valence-corrected chi connectivity index (χ2v) is 18.7. The van der Waals surface area contributed by atoms with Gasteiger partial charge in [0.05, 0.1) is 69.2 Å². The van der Waals surface area contributed by atoms with Gasteiger partial charge in [-0.05, 0) is 61.4 Å². The molecule has 6 aromatic rings. The lowest BCUT2D eigenvalue weighted by Crippen LogP contribution is -2.48. The van der Waals surface area contributed by atoms with Crippen molar-refractivity contribution in [1.29, 1.82) is 0 Å². The first-order valence-electron chi connectivity index (χ1n) is 23.5. The number of aromatic nitrogens is 4. The lowest BCUT2D eigenvalue weighted by Gasteiger charge is -2.36. The number of carbonyl (C=O) groups excluding carboxylic acids is 2. The number of urea groups is 2. The molecule has 6 N–H and O–H groups in total. The van der Waals surface area contributed by atoms with Crippen molar-refractivity contribution in [3.8, 4) is 34.3 Å². The number of amides is 4. The van der Waals surface area contributed by atoms with Crippen LogP contribution in [0, 0.1) is 0 Å². The molecule has 8 heterocycles. The van der Waals surface area contributed by atoms with Gasteiger partial charge in [-0.1, -0.05) is 47.5 Å². The Hall–Kier alpha value is -5.53. The van der Waals surface area contributed by atoms with Crippen molar-refractivity contribution in [3.05, 3.63) is 118 Å². The summed E-state index contributed by atoms with van der Waals surface area (Å²) in [5.41, 5.74) is 0.955. The van der Waals surface area contributed by atoms with Gasteiger partial charge in [0.25, 0.3) is 0 Å². The highest BCUT2D eigenvalue weighted by atomic mass is 35.5. The molecule has 18 nitrogen and oxygen atoms in total. The normalized spacial score (nSPS) is 16.2. The first-order chi connectivity index (χ1) is 36.3.